The van der Waals surface area contributed by atoms with E-state index >= 15 is 0 Å². The number of hydrogen-bond donors (Lipinski definition) is 1. The molecule has 2 rings (SSSR count). The number of carboxylic acid groups (broad SMARTS) is 1. The van der Waals surface area contributed by atoms with Gasteiger partial charge >= 0.3 is 5.97 Å². The van der Waals surface area contributed by atoms with Gasteiger partial charge in [0.05, 0.1) is 11.9 Å². The zero-order valence-electron chi connectivity index (χ0n) is 10.3. The van der Waals surface area contributed by atoms with Crippen LogP contribution in [0.25, 0.3) is 0 Å². The quantitative estimate of drug-likeness (QED) is 0.850. The molecule has 0 bridgehead atoms. The maximum absolute atomic E-state index is 13.5. The van der Waals surface area contributed by atoms with Crippen LogP contribution in [0.3, 0.4) is 0 Å². The summed E-state index contributed by atoms with van der Waals surface area (Å²) >= 11 is 0. The molecule has 1 heterocycles. The van der Waals surface area contributed by atoms with Crippen molar-refractivity contribution in [3.63, 3.8) is 0 Å². The fourth-order valence-corrected chi connectivity index (χ4v) is 3.62. The summed E-state index contributed by atoms with van der Waals surface area (Å²) in [5, 5.41) is 8.74. The summed E-state index contributed by atoms with van der Waals surface area (Å²) in [7, 11) is -4.00. The summed E-state index contributed by atoms with van der Waals surface area (Å²) in [6.07, 6.45) is -1.36. The van der Waals surface area contributed by atoms with Crippen LogP contribution in [0.4, 0.5) is 8.78 Å². The van der Waals surface area contributed by atoms with Gasteiger partial charge in [0.15, 0.2) is 15.9 Å². The molecule has 0 saturated carbocycles. The molecule has 1 fully saturated rings. The van der Waals surface area contributed by atoms with Crippen molar-refractivity contribution in [2.45, 2.75) is 29.9 Å². The number of aliphatic carboxylic acids is 1. The molecule has 8 heteroatoms. The topological polar surface area (TPSA) is 80.7 Å². The highest BCUT2D eigenvalue weighted by molar-refractivity contribution is 7.91. The molecule has 5 nitrogen and oxygen atoms in total. The molecule has 0 radical (unpaired) electrons. The highest BCUT2D eigenvalue weighted by Crippen LogP contribution is 2.25. The standard InChI is InChI=1S/C12H12F2O5S/c13-7-1-4-11(9(14)5-7)20(17,18)6-8-2-3-10(19-8)12(15)16/h1,4-5,8,10H,2-3,6H2,(H,15,16). The van der Waals surface area contributed by atoms with Crippen molar-refractivity contribution in [1.29, 1.82) is 0 Å². The zero-order valence-corrected chi connectivity index (χ0v) is 11.1. The molecular weight excluding hydrogens is 294 g/mol. The Balaban J connectivity index is 2.14. The van der Waals surface area contributed by atoms with Crippen molar-refractivity contribution in [1.82, 2.24) is 0 Å². The Labute approximate surface area is 114 Å². The van der Waals surface area contributed by atoms with Gasteiger partial charge in [-0.25, -0.2) is 22.0 Å². The fraction of sp³-hybridized carbons (Fsp3) is 0.417. The summed E-state index contributed by atoms with van der Waals surface area (Å²) < 4.78 is 55.3. The van der Waals surface area contributed by atoms with Crippen LogP contribution in [0.2, 0.25) is 0 Å². The fourth-order valence-electron chi connectivity index (χ4n) is 2.07. The Morgan fingerprint density at radius 2 is 2.05 bits per heavy atom. The van der Waals surface area contributed by atoms with Crippen molar-refractivity contribution >= 4 is 15.8 Å². The molecule has 1 N–H and O–H groups in total. The molecule has 1 aliphatic rings. The van der Waals surface area contributed by atoms with E-state index in [0.29, 0.717) is 6.07 Å². The number of rotatable bonds is 4. The second-order valence-corrected chi connectivity index (χ2v) is 6.52. The average Bonchev–Trinajstić information content (AvgIpc) is 2.76. The molecule has 2 unspecified atom stereocenters. The molecule has 0 aliphatic carbocycles. The Morgan fingerprint density at radius 1 is 1.35 bits per heavy atom. The normalized spacial score (nSPS) is 22.9. The van der Waals surface area contributed by atoms with E-state index in [4.69, 9.17) is 9.84 Å². The summed E-state index contributed by atoms with van der Waals surface area (Å²) in [5.41, 5.74) is 0. The molecule has 1 aliphatic heterocycles. The first-order valence-corrected chi connectivity index (χ1v) is 7.51. The lowest BCUT2D eigenvalue weighted by Gasteiger charge is -2.12. The van der Waals surface area contributed by atoms with Crippen molar-refractivity contribution in [3.8, 4) is 0 Å². The number of hydrogen-bond acceptors (Lipinski definition) is 4. The first-order valence-electron chi connectivity index (χ1n) is 5.85. The molecule has 0 spiro atoms. The minimum atomic E-state index is -4.00. The first kappa shape index (κ1) is 14.9. The molecule has 0 aromatic heterocycles. The monoisotopic (exact) mass is 306 g/mol. The van der Waals surface area contributed by atoms with Gasteiger partial charge in [-0.15, -0.1) is 0 Å². The van der Waals surface area contributed by atoms with Gasteiger partial charge in [0, 0.05) is 6.07 Å². The highest BCUT2D eigenvalue weighted by atomic mass is 32.2. The Kier molecular flexibility index (Phi) is 4.05. The molecule has 1 saturated heterocycles. The predicted molar refractivity (Wildman–Crippen MR) is 63.9 cm³/mol. The molecule has 0 amide bonds. The van der Waals surface area contributed by atoms with Crippen LogP contribution < -0.4 is 0 Å². The Morgan fingerprint density at radius 3 is 2.60 bits per heavy atom. The van der Waals surface area contributed by atoms with Crippen LogP contribution in [0, 0.1) is 11.6 Å². The van der Waals surface area contributed by atoms with Crippen molar-refractivity contribution in [2.24, 2.45) is 0 Å². The maximum atomic E-state index is 13.5. The lowest BCUT2D eigenvalue weighted by Crippen LogP contribution is -2.25. The Hall–Kier alpha value is -1.54. The van der Waals surface area contributed by atoms with E-state index in [1.807, 2.05) is 0 Å². The minimum absolute atomic E-state index is 0.210. The molecule has 1 aromatic carbocycles. The summed E-state index contributed by atoms with van der Waals surface area (Å²) in [4.78, 5) is 10.1. The minimum Gasteiger partial charge on any atom is -0.479 e. The summed E-state index contributed by atoms with van der Waals surface area (Å²) in [6, 6.07) is 2.19. The van der Waals surface area contributed by atoms with Crippen LogP contribution in [0.15, 0.2) is 23.1 Å². The van der Waals surface area contributed by atoms with Crippen molar-refractivity contribution in [2.75, 3.05) is 5.75 Å². The molecular formula is C12H12F2O5S. The lowest BCUT2D eigenvalue weighted by molar-refractivity contribution is -0.148. The van der Waals surface area contributed by atoms with Crippen LogP contribution in [-0.2, 0) is 19.4 Å². The summed E-state index contributed by atoms with van der Waals surface area (Å²) in [6.45, 7) is 0. The van der Waals surface area contributed by atoms with E-state index in [0.717, 1.165) is 12.1 Å². The third-order valence-corrected chi connectivity index (χ3v) is 4.83. The number of sulfone groups is 1. The van der Waals surface area contributed by atoms with Crippen LogP contribution in [-0.4, -0.2) is 37.5 Å². The Bertz CT molecular complexity index is 629. The van der Waals surface area contributed by atoms with E-state index in [1.165, 1.54) is 0 Å². The van der Waals surface area contributed by atoms with Gasteiger partial charge in [-0.3, -0.25) is 0 Å². The van der Waals surface area contributed by atoms with Gasteiger partial charge < -0.3 is 9.84 Å². The number of carbonyl (C=O) groups is 1. The molecule has 110 valence electrons. The van der Waals surface area contributed by atoms with E-state index < -0.39 is 50.3 Å². The van der Waals surface area contributed by atoms with Gasteiger partial charge in [0.1, 0.15) is 16.5 Å². The number of carboxylic acids is 1. The van der Waals surface area contributed by atoms with E-state index in [2.05, 4.69) is 0 Å². The molecule has 2 atom stereocenters. The molecule has 20 heavy (non-hydrogen) atoms. The maximum Gasteiger partial charge on any atom is 0.332 e. The van der Waals surface area contributed by atoms with Crippen molar-refractivity contribution < 1.29 is 31.8 Å². The van der Waals surface area contributed by atoms with Gasteiger partial charge in [0.2, 0.25) is 0 Å². The van der Waals surface area contributed by atoms with Crippen LogP contribution >= 0.6 is 0 Å². The number of ether oxygens (including phenoxy) is 1. The van der Waals surface area contributed by atoms with E-state index in [-0.39, 0.29) is 12.8 Å². The van der Waals surface area contributed by atoms with Gasteiger partial charge in [-0.2, -0.15) is 0 Å². The predicted octanol–water partition coefficient (Wildman–Crippen LogP) is 1.37. The van der Waals surface area contributed by atoms with Crippen LogP contribution in [0.5, 0.6) is 0 Å². The zero-order chi connectivity index (χ0) is 14.9. The smallest absolute Gasteiger partial charge is 0.332 e. The van der Waals surface area contributed by atoms with Crippen molar-refractivity contribution in [3.05, 3.63) is 29.8 Å². The van der Waals surface area contributed by atoms with Gasteiger partial charge in [-0.05, 0) is 25.0 Å². The van der Waals surface area contributed by atoms with Crippen LogP contribution in [0.1, 0.15) is 12.8 Å². The number of halogens is 2. The molecule has 1 aromatic rings. The number of benzene rings is 1. The first-order chi connectivity index (χ1) is 9.29. The average molecular weight is 306 g/mol. The van der Waals surface area contributed by atoms with E-state index in [9.17, 15) is 22.0 Å². The van der Waals surface area contributed by atoms with Gasteiger partial charge in [0.25, 0.3) is 0 Å². The second-order valence-electron chi connectivity index (χ2n) is 4.52. The second kappa shape index (κ2) is 5.45. The summed E-state index contributed by atoms with van der Waals surface area (Å²) in [5.74, 6) is -3.72. The largest absolute Gasteiger partial charge is 0.479 e. The highest BCUT2D eigenvalue weighted by Gasteiger charge is 2.34. The third-order valence-electron chi connectivity index (χ3n) is 3.02. The van der Waals surface area contributed by atoms with E-state index in [1.54, 1.807) is 0 Å². The third kappa shape index (κ3) is 3.13. The SMILES string of the molecule is O=C(O)C1CCC(CS(=O)(=O)c2ccc(F)cc2F)O1. The van der Waals surface area contributed by atoms with Gasteiger partial charge in [-0.1, -0.05) is 0 Å². The lowest BCUT2D eigenvalue weighted by atomic mass is 10.2.